The third-order valence-electron chi connectivity index (χ3n) is 5.65. The minimum Gasteiger partial charge on any atom is -0.373 e. The van der Waals surface area contributed by atoms with Crippen LogP contribution in [-0.4, -0.2) is 23.8 Å². The van der Waals surface area contributed by atoms with Gasteiger partial charge in [0.15, 0.2) is 0 Å². The van der Waals surface area contributed by atoms with Crippen molar-refractivity contribution in [2.45, 2.75) is 32.5 Å². The van der Waals surface area contributed by atoms with E-state index in [1.54, 1.807) is 18.2 Å². The molecule has 3 aromatic carbocycles. The summed E-state index contributed by atoms with van der Waals surface area (Å²) in [5.74, 6) is -1.35. The molecule has 6 nitrogen and oxygen atoms in total. The van der Waals surface area contributed by atoms with Crippen LogP contribution in [0.3, 0.4) is 0 Å². The molecule has 35 heavy (non-hydrogen) atoms. The van der Waals surface area contributed by atoms with Gasteiger partial charge in [0.05, 0.1) is 17.7 Å². The summed E-state index contributed by atoms with van der Waals surface area (Å²) >= 11 is 0. The summed E-state index contributed by atoms with van der Waals surface area (Å²) < 4.78 is 38.8. The van der Waals surface area contributed by atoms with Crippen molar-refractivity contribution in [2.24, 2.45) is 0 Å². The van der Waals surface area contributed by atoms with E-state index in [2.05, 4.69) is 10.6 Å². The Balaban J connectivity index is 1.48. The van der Waals surface area contributed by atoms with Gasteiger partial charge in [0.25, 0.3) is 11.8 Å². The predicted octanol–water partition coefficient (Wildman–Crippen LogP) is 5.32. The molecule has 0 aromatic heterocycles. The highest BCUT2D eigenvalue weighted by Crippen LogP contribution is 2.31. The number of halogens is 3. The maximum atomic E-state index is 13.0. The number of amides is 3. The standard InChI is InChI=1S/C26H22F3N3O3/c1-15-9-10-22(16(2)11-15)32-23(33)14-21(25(32)35)30-19-7-3-5-17(12-19)24(34)31-20-8-4-6-18(13-20)26(27,28)29/h3-13,21,30H,14H2,1-2H3,(H,31,34)/t21-/m1/s1. The van der Waals surface area contributed by atoms with Crippen LogP contribution in [-0.2, 0) is 15.8 Å². The molecule has 0 saturated carbocycles. The molecule has 1 heterocycles. The van der Waals surface area contributed by atoms with Crippen molar-refractivity contribution in [3.05, 3.63) is 89.0 Å². The smallest absolute Gasteiger partial charge is 0.373 e. The van der Waals surface area contributed by atoms with Gasteiger partial charge in [0.1, 0.15) is 6.04 Å². The Morgan fingerprint density at radius 1 is 0.943 bits per heavy atom. The summed E-state index contributed by atoms with van der Waals surface area (Å²) in [6.07, 6.45) is -4.58. The van der Waals surface area contributed by atoms with Crippen molar-refractivity contribution >= 4 is 34.8 Å². The van der Waals surface area contributed by atoms with Crippen LogP contribution in [0.4, 0.5) is 30.2 Å². The number of hydrogen-bond donors (Lipinski definition) is 2. The topological polar surface area (TPSA) is 78.5 Å². The normalized spacial score (nSPS) is 15.9. The first-order valence-electron chi connectivity index (χ1n) is 10.8. The van der Waals surface area contributed by atoms with E-state index in [4.69, 9.17) is 0 Å². The predicted molar refractivity (Wildman–Crippen MR) is 126 cm³/mol. The SMILES string of the molecule is Cc1ccc(N2C(=O)C[C@@H](Nc3cccc(C(=O)Nc4cccc(C(F)(F)F)c4)c3)C2=O)c(C)c1. The first-order valence-corrected chi connectivity index (χ1v) is 10.8. The van der Waals surface area contributed by atoms with Crippen LogP contribution >= 0.6 is 0 Å². The molecule has 3 aromatic rings. The van der Waals surface area contributed by atoms with E-state index in [0.29, 0.717) is 11.4 Å². The zero-order chi connectivity index (χ0) is 25.3. The van der Waals surface area contributed by atoms with Crippen LogP contribution in [0.1, 0.15) is 33.5 Å². The summed E-state index contributed by atoms with van der Waals surface area (Å²) in [6, 6.07) is 15.2. The fraction of sp³-hybridized carbons (Fsp3) is 0.192. The van der Waals surface area contributed by atoms with Gasteiger partial charge in [-0.25, -0.2) is 4.90 Å². The maximum Gasteiger partial charge on any atom is 0.416 e. The van der Waals surface area contributed by atoms with Crippen molar-refractivity contribution in [1.82, 2.24) is 0 Å². The highest BCUT2D eigenvalue weighted by Gasteiger charge is 2.40. The monoisotopic (exact) mass is 481 g/mol. The van der Waals surface area contributed by atoms with Gasteiger partial charge in [0.2, 0.25) is 5.91 Å². The summed E-state index contributed by atoms with van der Waals surface area (Å²) in [4.78, 5) is 39.4. The van der Waals surface area contributed by atoms with Gasteiger partial charge in [-0.05, 0) is 61.9 Å². The average Bonchev–Trinajstić information content (AvgIpc) is 3.06. The van der Waals surface area contributed by atoms with Gasteiger partial charge in [0, 0.05) is 16.9 Å². The Bertz CT molecular complexity index is 1320. The lowest BCUT2D eigenvalue weighted by atomic mass is 10.1. The number of benzene rings is 3. The van der Waals surface area contributed by atoms with Crippen molar-refractivity contribution in [3.63, 3.8) is 0 Å². The lowest BCUT2D eigenvalue weighted by Gasteiger charge is -2.18. The van der Waals surface area contributed by atoms with Gasteiger partial charge >= 0.3 is 6.18 Å². The molecule has 3 amide bonds. The van der Waals surface area contributed by atoms with Crippen molar-refractivity contribution in [1.29, 1.82) is 0 Å². The number of imide groups is 1. The molecule has 0 radical (unpaired) electrons. The van der Waals surface area contributed by atoms with Gasteiger partial charge in [-0.15, -0.1) is 0 Å². The number of rotatable bonds is 5. The molecule has 1 saturated heterocycles. The van der Waals surface area contributed by atoms with E-state index < -0.39 is 29.6 Å². The van der Waals surface area contributed by atoms with Crippen LogP contribution in [0, 0.1) is 13.8 Å². The highest BCUT2D eigenvalue weighted by molar-refractivity contribution is 6.23. The first-order chi connectivity index (χ1) is 16.5. The molecule has 9 heteroatoms. The minimum atomic E-state index is -4.53. The van der Waals surface area contributed by atoms with Gasteiger partial charge in [-0.3, -0.25) is 14.4 Å². The quantitative estimate of drug-likeness (QED) is 0.484. The van der Waals surface area contributed by atoms with Crippen LogP contribution < -0.4 is 15.5 Å². The molecule has 2 N–H and O–H groups in total. The number of nitrogens with zero attached hydrogens (tertiary/aromatic N) is 1. The number of carbonyl (C=O) groups excluding carboxylic acids is 3. The maximum absolute atomic E-state index is 13.0. The van der Waals surface area contributed by atoms with Crippen molar-refractivity contribution in [2.75, 3.05) is 15.5 Å². The summed E-state index contributed by atoms with van der Waals surface area (Å²) in [5, 5.41) is 5.45. The number of anilines is 3. The Hall–Kier alpha value is -4.14. The minimum absolute atomic E-state index is 0.00358. The van der Waals surface area contributed by atoms with Crippen LogP contribution in [0.2, 0.25) is 0 Å². The zero-order valence-electron chi connectivity index (χ0n) is 18.9. The third kappa shape index (κ3) is 5.18. The second-order valence-corrected chi connectivity index (χ2v) is 8.37. The first kappa shape index (κ1) is 24.0. The molecule has 4 rings (SSSR count). The zero-order valence-corrected chi connectivity index (χ0v) is 18.9. The van der Waals surface area contributed by atoms with Crippen LogP contribution in [0.25, 0.3) is 0 Å². The van der Waals surface area contributed by atoms with Crippen LogP contribution in [0.15, 0.2) is 66.7 Å². The third-order valence-corrected chi connectivity index (χ3v) is 5.65. The summed E-state index contributed by atoms with van der Waals surface area (Å²) in [6.45, 7) is 3.75. The number of alkyl halides is 3. The fourth-order valence-electron chi connectivity index (χ4n) is 3.98. The summed E-state index contributed by atoms with van der Waals surface area (Å²) in [7, 11) is 0. The molecule has 180 valence electrons. The van der Waals surface area contributed by atoms with E-state index in [1.807, 2.05) is 26.0 Å². The van der Waals surface area contributed by atoms with Gasteiger partial charge < -0.3 is 10.6 Å². The molecule has 1 atom stereocenters. The van der Waals surface area contributed by atoms with E-state index in [0.717, 1.165) is 28.2 Å². The van der Waals surface area contributed by atoms with Crippen molar-refractivity contribution in [3.8, 4) is 0 Å². The van der Waals surface area contributed by atoms with Gasteiger partial charge in [-0.2, -0.15) is 13.2 Å². The molecule has 1 fully saturated rings. The molecule has 1 aliphatic heterocycles. The number of aryl methyl sites for hydroxylation is 2. The largest absolute Gasteiger partial charge is 0.416 e. The average molecular weight is 481 g/mol. The lowest BCUT2D eigenvalue weighted by Crippen LogP contribution is -2.35. The Labute approximate surface area is 199 Å². The Morgan fingerprint density at radius 3 is 2.37 bits per heavy atom. The van der Waals surface area contributed by atoms with Crippen molar-refractivity contribution < 1.29 is 27.6 Å². The van der Waals surface area contributed by atoms with E-state index in [1.165, 1.54) is 24.3 Å². The fourth-order valence-corrected chi connectivity index (χ4v) is 3.98. The van der Waals surface area contributed by atoms with E-state index >= 15 is 0 Å². The number of hydrogen-bond acceptors (Lipinski definition) is 4. The Morgan fingerprint density at radius 2 is 1.66 bits per heavy atom. The summed E-state index contributed by atoms with van der Waals surface area (Å²) in [5.41, 5.74) is 2.09. The molecule has 0 unspecified atom stereocenters. The van der Waals surface area contributed by atoms with E-state index in [9.17, 15) is 27.6 Å². The number of carbonyl (C=O) groups is 3. The molecule has 0 spiro atoms. The molecule has 0 bridgehead atoms. The van der Waals surface area contributed by atoms with Crippen LogP contribution in [0.5, 0.6) is 0 Å². The second kappa shape index (κ2) is 9.25. The van der Waals surface area contributed by atoms with E-state index in [-0.39, 0.29) is 23.6 Å². The lowest BCUT2D eigenvalue weighted by molar-refractivity contribution is -0.137. The molecular formula is C26H22F3N3O3. The molecular weight excluding hydrogens is 459 g/mol. The molecule has 1 aliphatic rings. The molecule has 0 aliphatic carbocycles. The van der Waals surface area contributed by atoms with Gasteiger partial charge in [-0.1, -0.05) is 29.8 Å². The Kier molecular flexibility index (Phi) is 6.34. The second-order valence-electron chi connectivity index (χ2n) is 8.37. The highest BCUT2D eigenvalue weighted by atomic mass is 19.4. The number of nitrogens with one attached hydrogen (secondary N) is 2.